The molecule has 5 nitrogen and oxygen atoms in total. The zero-order valence-corrected chi connectivity index (χ0v) is 13.2. The predicted octanol–water partition coefficient (Wildman–Crippen LogP) is 1.85. The van der Waals surface area contributed by atoms with E-state index in [1.165, 1.54) is 0 Å². The quantitative estimate of drug-likeness (QED) is 0.663. The summed E-state index contributed by atoms with van der Waals surface area (Å²) in [5.41, 5.74) is 2.56. The Morgan fingerprint density at radius 3 is 1.65 bits per heavy atom. The van der Waals surface area contributed by atoms with Crippen LogP contribution in [0.1, 0.15) is 0 Å². The number of rotatable bonds is 4. The van der Waals surface area contributed by atoms with E-state index >= 15 is 0 Å². The molecule has 2 rings (SSSR count). The SMILES string of the molecule is CN(C)c1ccc(N=Nc2ccc([As](O)O)cc2)cc1. The molecule has 2 aromatic rings. The first-order valence-corrected chi connectivity index (χ1v) is 8.65. The van der Waals surface area contributed by atoms with Crippen LogP contribution in [0.25, 0.3) is 0 Å². The summed E-state index contributed by atoms with van der Waals surface area (Å²) in [6.07, 6.45) is 0. The van der Waals surface area contributed by atoms with Crippen LogP contribution >= 0.6 is 0 Å². The van der Waals surface area contributed by atoms with Gasteiger partial charge in [0.2, 0.25) is 0 Å². The van der Waals surface area contributed by atoms with Crippen molar-refractivity contribution in [2.24, 2.45) is 10.2 Å². The topological polar surface area (TPSA) is 68.4 Å². The summed E-state index contributed by atoms with van der Waals surface area (Å²) >= 11 is -2.78. The van der Waals surface area contributed by atoms with Gasteiger partial charge in [-0.3, -0.25) is 0 Å². The molecule has 0 saturated heterocycles. The van der Waals surface area contributed by atoms with Crippen LogP contribution in [0, 0.1) is 0 Å². The summed E-state index contributed by atoms with van der Waals surface area (Å²) in [6.45, 7) is 0. The second-order valence-electron chi connectivity index (χ2n) is 4.42. The van der Waals surface area contributed by atoms with E-state index < -0.39 is 15.3 Å². The molecule has 2 aromatic carbocycles. The van der Waals surface area contributed by atoms with Gasteiger partial charge in [0.05, 0.1) is 0 Å². The van der Waals surface area contributed by atoms with Crippen molar-refractivity contribution in [3.8, 4) is 0 Å². The fraction of sp³-hybridized carbons (Fsp3) is 0.143. The van der Waals surface area contributed by atoms with Crippen LogP contribution in [0.4, 0.5) is 17.1 Å². The van der Waals surface area contributed by atoms with E-state index in [4.69, 9.17) is 8.19 Å². The van der Waals surface area contributed by atoms with Crippen LogP contribution in [0.2, 0.25) is 0 Å². The molecule has 0 heterocycles. The van der Waals surface area contributed by atoms with Gasteiger partial charge in [-0.05, 0) is 0 Å². The van der Waals surface area contributed by atoms with Gasteiger partial charge in [0.15, 0.2) is 0 Å². The summed E-state index contributed by atoms with van der Waals surface area (Å²) in [5.74, 6) is 0. The molecular weight excluding hydrogens is 317 g/mol. The maximum absolute atomic E-state index is 9.14. The Hall–Kier alpha value is -1.68. The van der Waals surface area contributed by atoms with Gasteiger partial charge in [-0.1, -0.05) is 0 Å². The summed E-state index contributed by atoms with van der Waals surface area (Å²) in [4.78, 5) is 2.02. The Morgan fingerprint density at radius 2 is 1.25 bits per heavy atom. The van der Waals surface area contributed by atoms with Crippen LogP contribution < -0.4 is 9.25 Å². The Balaban J connectivity index is 2.08. The van der Waals surface area contributed by atoms with Crippen LogP contribution in [0.5, 0.6) is 0 Å². The van der Waals surface area contributed by atoms with Crippen molar-refractivity contribution in [1.82, 2.24) is 0 Å². The molecule has 0 amide bonds. The van der Waals surface area contributed by atoms with Gasteiger partial charge in [0.1, 0.15) is 0 Å². The average Bonchev–Trinajstić information content (AvgIpc) is 2.46. The first kappa shape index (κ1) is 14.7. The number of nitrogens with zero attached hydrogens (tertiary/aromatic N) is 3. The van der Waals surface area contributed by atoms with Crippen molar-refractivity contribution in [3.63, 3.8) is 0 Å². The van der Waals surface area contributed by atoms with Gasteiger partial charge in [0, 0.05) is 0 Å². The van der Waals surface area contributed by atoms with Crippen molar-refractivity contribution < 1.29 is 8.19 Å². The third kappa shape index (κ3) is 3.90. The summed E-state index contributed by atoms with van der Waals surface area (Å²) in [6, 6.07) is 14.5. The summed E-state index contributed by atoms with van der Waals surface area (Å²) in [7, 11) is 3.97. The molecule has 20 heavy (non-hydrogen) atoms. The number of anilines is 1. The Bertz CT molecular complexity index is 527. The molecule has 0 aliphatic rings. The van der Waals surface area contributed by atoms with Crippen molar-refractivity contribution in [1.29, 1.82) is 0 Å². The van der Waals surface area contributed by atoms with E-state index in [9.17, 15) is 0 Å². The first-order chi connectivity index (χ1) is 9.56. The average molecular weight is 333 g/mol. The van der Waals surface area contributed by atoms with Crippen molar-refractivity contribution in [2.75, 3.05) is 19.0 Å². The molecule has 0 spiro atoms. The van der Waals surface area contributed by atoms with Crippen molar-refractivity contribution in [2.45, 2.75) is 0 Å². The molecule has 0 saturated carbocycles. The number of hydrogen-bond acceptors (Lipinski definition) is 5. The number of benzene rings is 2. The first-order valence-electron chi connectivity index (χ1n) is 6.03. The Labute approximate surface area is 123 Å². The minimum absolute atomic E-state index is 0.576. The van der Waals surface area contributed by atoms with Crippen LogP contribution in [0.15, 0.2) is 58.8 Å². The van der Waals surface area contributed by atoms with Gasteiger partial charge in [-0.15, -0.1) is 0 Å². The molecule has 0 radical (unpaired) electrons. The Kier molecular flexibility index (Phi) is 4.90. The number of azo groups is 1. The van der Waals surface area contributed by atoms with E-state index in [0.717, 1.165) is 11.4 Å². The molecule has 0 unspecified atom stereocenters. The zero-order valence-electron chi connectivity index (χ0n) is 11.3. The normalized spacial score (nSPS) is 11.2. The molecule has 0 atom stereocenters. The van der Waals surface area contributed by atoms with Crippen LogP contribution in [-0.2, 0) is 0 Å². The van der Waals surface area contributed by atoms with Gasteiger partial charge >= 0.3 is 123 Å². The van der Waals surface area contributed by atoms with E-state index in [1.54, 1.807) is 24.3 Å². The molecule has 6 heteroatoms. The molecule has 0 aliphatic heterocycles. The van der Waals surface area contributed by atoms with Gasteiger partial charge in [-0.25, -0.2) is 0 Å². The monoisotopic (exact) mass is 333 g/mol. The fourth-order valence-corrected chi connectivity index (χ4v) is 2.46. The van der Waals surface area contributed by atoms with Crippen LogP contribution in [-0.4, -0.2) is 37.6 Å². The number of hydrogen-bond donors (Lipinski definition) is 2. The van der Waals surface area contributed by atoms with Crippen LogP contribution in [0.3, 0.4) is 0 Å². The summed E-state index contributed by atoms with van der Waals surface area (Å²) in [5, 5.41) is 8.26. The van der Waals surface area contributed by atoms with Gasteiger partial charge < -0.3 is 0 Å². The third-order valence-corrected chi connectivity index (χ3v) is 4.32. The molecule has 2 N–H and O–H groups in total. The van der Waals surface area contributed by atoms with Crippen molar-refractivity contribution >= 4 is 36.7 Å². The van der Waals surface area contributed by atoms with Gasteiger partial charge in [-0.2, -0.15) is 0 Å². The van der Waals surface area contributed by atoms with E-state index in [1.807, 2.05) is 43.3 Å². The molecule has 0 aliphatic carbocycles. The molecule has 0 fully saturated rings. The fourth-order valence-electron chi connectivity index (χ4n) is 1.59. The second-order valence-corrected chi connectivity index (χ2v) is 6.71. The molecular formula is C14H16AsN3O2. The van der Waals surface area contributed by atoms with E-state index in [2.05, 4.69) is 10.2 Å². The molecule has 0 bridgehead atoms. The third-order valence-electron chi connectivity index (χ3n) is 2.73. The zero-order chi connectivity index (χ0) is 14.5. The van der Waals surface area contributed by atoms with E-state index in [-0.39, 0.29) is 0 Å². The second kappa shape index (κ2) is 6.66. The van der Waals surface area contributed by atoms with Gasteiger partial charge in [0.25, 0.3) is 0 Å². The summed E-state index contributed by atoms with van der Waals surface area (Å²) < 4.78 is 18.8. The molecule has 104 valence electrons. The van der Waals surface area contributed by atoms with E-state index in [0.29, 0.717) is 10.0 Å². The standard InChI is InChI=1S/C14H16AsN3O2/c1-18(2)14-9-7-13(8-10-14)17-16-12-5-3-11(4-6-12)15(19)20/h3-10,19-20H,1-2H3. The predicted molar refractivity (Wildman–Crippen MR) is 81.2 cm³/mol. The molecule has 0 aromatic heterocycles. The Morgan fingerprint density at radius 1 is 0.800 bits per heavy atom. The maximum atomic E-state index is 9.14. The van der Waals surface area contributed by atoms with Crippen molar-refractivity contribution in [3.05, 3.63) is 48.5 Å². The minimum atomic E-state index is -2.78.